The number of aromatic nitrogens is 4. The first-order valence-electron chi connectivity index (χ1n) is 6.68. The van der Waals surface area contributed by atoms with Crippen molar-refractivity contribution in [2.45, 2.75) is 6.42 Å². The smallest absolute Gasteiger partial charge is 0.261 e. The van der Waals surface area contributed by atoms with Crippen LogP contribution >= 0.6 is 0 Å². The summed E-state index contributed by atoms with van der Waals surface area (Å²) in [6.07, 6.45) is 4.03. The molecule has 21 heavy (non-hydrogen) atoms. The molecule has 0 radical (unpaired) electrons. The van der Waals surface area contributed by atoms with Crippen molar-refractivity contribution in [2.24, 2.45) is 0 Å². The summed E-state index contributed by atoms with van der Waals surface area (Å²) in [5.74, 6) is 1.15. The Morgan fingerprint density at radius 2 is 1.95 bits per heavy atom. The van der Waals surface area contributed by atoms with Crippen molar-refractivity contribution in [1.29, 1.82) is 0 Å². The number of H-pyrrole nitrogens is 1. The molecule has 2 aromatic heterocycles. The van der Waals surface area contributed by atoms with Gasteiger partial charge >= 0.3 is 0 Å². The van der Waals surface area contributed by atoms with E-state index in [1.807, 2.05) is 12.1 Å². The maximum atomic E-state index is 5.27. The van der Waals surface area contributed by atoms with Crippen molar-refractivity contribution in [3.05, 3.63) is 66.2 Å². The van der Waals surface area contributed by atoms with Crippen LogP contribution in [0, 0.1) is 0 Å². The fourth-order valence-corrected chi connectivity index (χ4v) is 2.43. The maximum Gasteiger partial charge on any atom is 0.261 e. The molecule has 4 aromatic rings. The van der Waals surface area contributed by atoms with E-state index in [2.05, 4.69) is 50.7 Å². The summed E-state index contributed by atoms with van der Waals surface area (Å²) in [6, 6.07) is 14.5. The van der Waals surface area contributed by atoms with Crippen LogP contribution in [0.15, 0.2) is 59.4 Å². The third kappa shape index (κ3) is 2.18. The van der Waals surface area contributed by atoms with Crippen LogP contribution in [0.1, 0.15) is 11.4 Å². The van der Waals surface area contributed by atoms with Crippen molar-refractivity contribution in [1.82, 2.24) is 20.3 Å². The Kier molecular flexibility index (Phi) is 2.74. The van der Waals surface area contributed by atoms with Gasteiger partial charge in [-0.1, -0.05) is 47.6 Å². The highest BCUT2D eigenvalue weighted by Crippen LogP contribution is 2.21. The zero-order valence-electron chi connectivity index (χ0n) is 11.2. The molecule has 102 valence electrons. The molecule has 0 aliphatic carbocycles. The van der Waals surface area contributed by atoms with Crippen molar-refractivity contribution in [3.63, 3.8) is 0 Å². The largest absolute Gasteiger partial charge is 0.334 e. The number of hydrogen-bond donors (Lipinski definition) is 1. The summed E-state index contributed by atoms with van der Waals surface area (Å²) in [5, 5.41) is 13.1. The second-order valence-electron chi connectivity index (χ2n) is 4.82. The molecule has 0 saturated carbocycles. The fraction of sp³-hybridized carbons (Fsp3) is 0.0625. The lowest BCUT2D eigenvalue weighted by molar-refractivity contribution is 0.424. The Morgan fingerprint density at radius 3 is 2.86 bits per heavy atom. The number of nitrogens with one attached hydrogen (secondary N) is 1. The minimum absolute atomic E-state index is 0.485. The first-order chi connectivity index (χ1) is 10.4. The molecule has 0 bridgehead atoms. The lowest BCUT2D eigenvalue weighted by atomic mass is 10.0. The minimum Gasteiger partial charge on any atom is -0.334 e. The van der Waals surface area contributed by atoms with Gasteiger partial charge in [-0.3, -0.25) is 5.10 Å². The third-order valence-electron chi connectivity index (χ3n) is 3.44. The van der Waals surface area contributed by atoms with Gasteiger partial charge in [0, 0.05) is 12.6 Å². The van der Waals surface area contributed by atoms with Crippen LogP contribution < -0.4 is 0 Å². The van der Waals surface area contributed by atoms with Crippen molar-refractivity contribution < 1.29 is 4.52 Å². The topological polar surface area (TPSA) is 67.6 Å². The molecule has 1 N–H and O–H groups in total. The minimum atomic E-state index is 0.485. The van der Waals surface area contributed by atoms with Crippen LogP contribution in [0.3, 0.4) is 0 Å². The highest BCUT2D eigenvalue weighted by atomic mass is 16.5. The van der Waals surface area contributed by atoms with Crippen LogP contribution in [0.25, 0.3) is 22.2 Å². The van der Waals surface area contributed by atoms with E-state index in [4.69, 9.17) is 4.52 Å². The van der Waals surface area contributed by atoms with Gasteiger partial charge in [0.25, 0.3) is 5.89 Å². The second-order valence-corrected chi connectivity index (χ2v) is 4.82. The molecule has 0 aliphatic heterocycles. The number of rotatable bonds is 3. The van der Waals surface area contributed by atoms with Gasteiger partial charge in [-0.2, -0.15) is 10.1 Å². The standard InChI is InChI=1S/C16H12N4O/c1-2-7-14-11(4-1)5-3-6-12(14)8-15-19-16(21-20-15)13-9-17-18-10-13/h1-7,9-10H,8H2,(H,17,18). The van der Waals surface area contributed by atoms with Crippen LogP contribution in [0.4, 0.5) is 0 Å². The van der Waals surface area contributed by atoms with Gasteiger partial charge < -0.3 is 4.52 Å². The Hall–Kier alpha value is -2.95. The summed E-state index contributed by atoms with van der Waals surface area (Å²) in [5.41, 5.74) is 1.99. The quantitative estimate of drug-likeness (QED) is 0.624. The average Bonchev–Trinajstić information content (AvgIpc) is 3.18. The average molecular weight is 276 g/mol. The van der Waals surface area contributed by atoms with E-state index >= 15 is 0 Å². The predicted octanol–water partition coefficient (Wildman–Crippen LogP) is 3.20. The third-order valence-corrected chi connectivity index (χ3v) is 3.44. The van der Waals surface area contributed by atoms with E-state index in [1.165, 1.54) is 16.3 Å². The molecule has 0 saturated heterocycles. The van der Waals surface area contributed by atoms with Crippen LogP contribution in [-0.4, -0.2) is 20.3 Å². The molecule has 5 nitrogen and oxygen atoms in total. The fourth-order valence-electron chi connectivity index (χ4n) is 2.43. The zero-order valence-corrected chi connectivity index (χ0v) is 11.2. The molecular formula is C16H12N4O. The zero-order chi connectivity index (χ0) is 14.1. The molecular weight excluding hydrogens is 264 g/mol. The van der Waals surface area contributed by atoms with Crippen LogP contribution in [0.5, 0.6) is 0 Å². The SMILES string of the molecule is c1ccc2c(Cc3noc(-c4cn[nH]c4)n3)cccc2c1. The molecule has 4 rings (SSSR count). The maximum absolute atomic E-state index is 5.27. The molecule has 0 unspecified atom stereocenters. The number of aromatic amines is 1. The van der Waals surface area contributed by atoms with Gasteiger partial charge in [-0.05, 0) is 16.3 Å². The van der Waals surface area contributed by atoms with Crippen LogP contribution in [0.2, 0.25) is 0 Å². The monoisotopic (exact) mass is 276 g/mol. The lowest BCUT2D eigenvalue weighted by Gasteiger charge is -2.03. The van der Waals surface area contributed by atoms with Crippen molar-refractivity contribution >= 4 is 10.8 Å². The van der Waals surface area contributed by atoms with E-state index in [1.54, 1.807) is 12.4 Å². The van der Waals surface area contributed by atoms with Gasteiger partial charge in [0.2, 0.25) is 0 Å². The van der Waals surface area contributed by atoms with Gasteiger partial charge in [-0.15, -0.1) is 0 Å². The van der Waals surface area contributed by atoms with E-state index < -0.39 is 0 Å². The summed E-state index contributed by atoms with van der Waals surface area (Å²) in [7, 11) is 0. The van der Waals surface area contributed by atoms with Gasteiger partial charge in [-0.25, -0.2) is 0 Å². The lowest BCUT2D eigenvalue weighted by Crippen LogP contribution is -1.92. The van der Waals surface area contributed by atoms with Gasteiger partial charge in [0.05, 0.1) is 11.8 Å². The molecule has 0 amide bonds. The molecule has 2 aromatic carbocycles. The molecule has 0 fully saturated rings. The second kappa shape index (κ2) is 4.86. The first-order valence-corrected chi connectivity index (χ1v) is 6.68. The van der Waals surface area contributed by atoms with Crippen molar-refractivity contribution in [2.75, 3.05) is 0 Å². The van der Waals surface area contributed by atoms with E-state index in [-0.39, 0.29) is 0 Å². The summed E-state index contributed by atoms with van der Waals surface area (Å²) in [4.78, 5) is 4.42. The number of hydrogen-bond acceptors (Lipinski definition) is 4. The molecule has 2 heterocycles. The van der Waals surface area contributed by atoms with E-state index in [9.17, 15) is 0 Å². The van der Waals surface area contributed by atoms with Gasteiger partial charge in [0.1, 0.15) is 0 Å². The molecule has 0 atom stereocenters. The van der Waals surface area contributed by atoms with Crippen LogP contribution in [-0.2, 0) is 6.42 Å². The summed E-state index contributed by atoms with van der Waals surface area (Å²) < 4.78 is 5.27. The van der Waals surface area contributed by atoms with Gasteiger partial charge in [0.15, 0.2) is 5.82 Å². The Labute approximate surface area is 120 Å². The highest BCUT2D eigenvalue weighted by molar-refractivity contribution is 5.85. The predicted molar refractivity (Wildman–Crippen MR) is 78.6 cm³/mol. The summed E-state index contributed by atoms with van der Waals surface area (Å²) in [6.45, 7) is 0. The molecule has 0 aliphatic rings. The van der Waals surface area contributed by atoms with E-state index in [0.717, 1.165) is 5.56 Å². The number of benzene rings is 2. The molecule has 0 spiro atoms. The van der Waals surface area contributed by atoms with E-state index in [0.29, 0.717) is 18.1 Å². The highest BCUT2D eigenvalue weighted by Gasteiger charge is 2.11. The number of fused-ring (bicyclic) bond motifs is 1. The Balaban J connectivity index is 1.69. The molecule has 5 heteroatoms. The number of nitrogens with zero attached hydrogens (tertiary/aromatic N) is 3. The van der Waals surface area contributed by atoms with Crippen molar-refractivity contribution in [3.8, 4) is 11.5 Å². The summed E-state index contributed by atoms with van der Waals surface area (Å²) >= 11 is 0. The first kappa shape index (κ1) is 11.8. The normalized spacial score (nSPS) is 11.0. The Morgan fingerprint density at radius 1 is 1.05 bits per heavy atom. The Bertz CT molecular complexity index is 875.